The van der Waals surface area contributed by atoms with Crippen LogP contribution >= 0.6 is 0 Å². The summed E-state index contributed by atoms with van der Waals surface area (Å²) in [6.07, 6.45) is 6.12. The highest BCUT2D eigenvalue weighted by Crippen LogP contribution is 2.37. The summed E-state index contributed by atoms with van der Waals surface area (Å²) in [4.78, 5) is 0.488. The van der Waals surface area contributed by atoms with Crippen LogP contribution in [0.15, 0.2) is 23.1 Å². The lowest BCUT2D eigenvalue weighted by Gasteiger charge is -2.40. The molecule has 3 rings (SSSR count). The average Bonchev–Trinajstić information content (AvgIpc) is 2.46. The molecule has 0 unspecified atom stereocenters. The van der Waals surface area contributed by atoms with Crippen molar-refractivity contribution in [3.63, 3.8) is 0 Å². The van der Waals surface area contributed by atoms with E-state index in [4.69, 9.17) is 0 Å². The van der Waals surface area contributed by atoms with Crippen molar-refractivity contribution in [2.24, 2.45) is 11.8 Å². The van der Waals surface area contributed by atoms with Gasteiger partial charge in [0.15, 0.2) is 0 Å². The van der Waals surface area contributed by atoms with Crippen molar-refractivity contribution in [3.8, 4) is 0 Å². The summed E-state index contributed by atoms with van der Waals surface area (Å²) in [6.45, 7) is 5.31. The van der Waals surface area contributed by atoms with Crippen molar-refractivity contribution in [1.82, 2.24) is 4.31 Å². The lowest BCUT2D eigenvalue weighted by atomic mass is 9.76. The number of hydrogen-bond acceptors (Lipinski definition) is 2. The van der Waals surface area contributed by atoms with E-state index >= 15 is 0 Å². The van der Waals surface area contributed by atoms with Gasteiger partial charge in [-0.3, -0.25) is 0 Å². The molecule has 1 aliphatic carbocycles. The van der Waals surface area contributed by atoms with Crippen molar-refractivity contribution >= 4 is 10.0 Å². The van der Waals surface area contributed by atoms with Gasteiger partial charge in [0.25, 0.3) is 0 Å². The molecule has 1 heterocycles. The zero-order valence-corrected chi connectivity index (χ0v) is 13.8. The third-order valence-corrected chi connectivity index (χ3v) is 7.23. The molecule has 4 heteroatoms. The normalized spacial score (nSPS) is 27.3. The molecule has 0 radical (unpaired) electrons. The van der Waals surface area contributed by atoms with Gasteiger partial charge in [0.05, 0.1) is 4.90 Å². The molecule has 0 amide bonds. The first-order valence-corrected chi connectivity index (χ1v) is 9.50. The number of piperidine rings is 1. The maximum absolute atomic E-state index is 12.9. The fourth-order valence-corrected chi connectivity index (χ4v) is 5.73. The monoisotopic (exact) mass is 307 g/mol. The van der Waals surface area contributed by atoms with Crippen molar-refractivity contribution < 1.29 is 8.42 Å². The Hall–Kier alpha value is -0.870. The van der Waals surface area contributed by atoms with Gasteiger partial charge in [0.2, 0.25) is 10.0 Å². The number of rotatable bonds is 2. The molecule has 1 saturated heterocycles. The number of fused-ring (bicyclic) bond motifs is 1. The molecular formula is C17H25NO2S. The van der Waals surface area contributed by atoms with E-state index < -0.39 is 10.0 Å². The SMILES string of the molecule is Cc1ccc(S(=O)(=O)N2CC[C@@H]3CCCC[C@@H]3C2)c(C)c1. The highest BCUT2D eigenvalue weighted by Gasteiger charge is 2.36. The van der Waals surface area contributed by atoms with Gasteiger partial charge in [-0.05, 0) is 50.2 Å². The van der Waals surface area contributed by atoms with Crippen molar-refractivity contribution in [3.05, 3.63) is 29.3 Å². The minimum atomic E-state index is -3.33. The fourth-order valence-electron chi connectivity index (χ4n) is 4.01. The Morgan fingerprint density at radius 2 is 1.76 bits per heavy atom. The second-order valence-electron chi connectivity index (χ2n) is 6.73. The van der Waals surface area contributed by atoms with E-state index in [1.54, 1.807) is 10.4 Å². The van der Waals surface area contributed by atoms with Gasteiger partial charge < -0.3 is 0 Å². The Morgan fingerprint density at radius 1 is 1.05 bits per heavy atom. The van der Waals surface area contributed by atoms with Gasteiger partial charge >= 0.3 is 0 Å². The summed E-state index contributed by atoms with van der Waals surface area (Å²) in [6, 6.07) is 5.63. The quantitative estimate of drug-likeness (QED) is 0.838. The Balaban J connectivity index is 1.85. The van der Waals surface area contributed by atoms with Crippen molar-refractivity contribution in [1.29, 1.82) is 0 Å². The maximum Gasteiger partial charge on any atom is 0.243 e. The molecule has 0 spiro atoms. The second kappa shape index (κ2) is 5.73. The summed E-state index contributed by atoms with van der Waals surface area (Å²) in [5.41, 5.74) is 1.97. The van der Waals surface area contributed by atoms with Crippen LogP contribution in [0.5, 0.6) is 0 Å². The molecule has 0 bridgehead atoms. The van der Waals surface area contributed by atoms with Gasteiger partial charge in [-0.1, -0.05) is 37.0 Å². The zero-order chi connectivity index (χ0) is 15.0. The molecule has 1 saturated carbocycles. The van der Waals surface area contributed by atoms with Crippen LogP contribution in [0.1, 0.15) is 43.2 Å². The van der Waals surface area contributed by atoms with Gasteiger partial charge in [-0.2, -0.15) is 4.31 Å². The highest BCUT2D eigenvalue weighted by molar-refractivity contribution is 7.89. The van der Waals surface area contributed by atoms with E-state index in [1.165, 1.54) is 25.7 Å². The first-order valence-electron chi connectivity index (χ1n) is 8.06. The van der Waals surface area contributed by atoms with Gasteiger partial charge in [-0.25, -0.2) is 8.42 Å². The topological polar surface area (TPSA) is 37.4 Å². The van der Waals surface area contributed by atoms with Crippen LogP contribution in [-0.4, -0.2) is 25.8 Å². The van der Waals surface area contributed by atoms with Crippen LogP contribution in [0, 0.1) is 25.7 Å². The number of sulfonamides is 1. The largest absolute Gasteiger partial charge is 0.243 e. The lowest BCUT2D eigenvalue weighted by molar-refractivity contribution is 0.136. The van der Waals surface area contributed by atoms with Crippen LogP contribution in [-0.2, 0) is 10.0 Å². The Bertz CT molecular complexity index is 624. The summed E-state index contributed by atoms with van der Waals surface area (Å²) >= 11 is 0. The Labute approximate surface area is 128 Å². The number of benzene rings is 1. The highest BCUT2D eigenvalue weighted by atomic mass is 32.2. The van der Waals surface area contributed by atoms with Crippen LogP contribution in [0.4, 0.5) is 0 Å². The average molecular weight is 307 g/mol. The minimum Gasteiger partial charge on any atom is -0.207 e. The van der Waals surface area contributed by atoms with Gasteiger partial charge in [0, 0.05) is 13.1 Å². The molecule has 21 heavy (non-hydrogen) atoms. The van der Waals surface area contributed by atoms with E-state index in [2.05, 4.69) is 0 Å². The summed E-state index contributed by atoms with van der Waals surface area (Å²) in [5.74, 6) is 1.33. The zero-order valence-electron chi connectivity index (χ0n) is 13.0. The molecule has 1 aromatic carbocycles. The summed E-state index contributed by atoms with van der Waals surface area (Å²) < 4.78 is 27.6. The summed E-state index contributed by atoms with van der Waals surface area (Å²) in [7, 11) is -3.33. The van der Waals surface area contributed by atoms with E-state index in [0.717, 1.165) is 30.0 Å². The predicted octanol–water partition coefficient (Wildman–Crippen LogP) is 3.50. The molecule has 2 fully saturated rings. The Morgan fingerprint density at radius 3 is 2.48 bits per heavy atom. The standard InChI is InChI=1S/C17H25NO2S/c1-13-7-8-17(14(2)11-13)21(19,20)18-10-9-15-5-3-4-6-16(15)12-18/h7-8,11,15-16H,3-6,9-10,12H2,1-2H3/t15-,16+/m0/s1. The first kappa shape index (κ1) is 15.0. The number of aryl methyl sites for hydroxylation is 2. The van der Waals surface area contributed by atoms with Crippen LogP contribution < -0.4 is 0 Å². The smallest absolute Gasteiger partial charge is 0.207 e. The lowest BCUT2D eigenvalue weighted by Crippen LogP contribution is -2.44. The fraction of sp³-hybridized carbons (Fsp3) is 0.647. The third-order valence-electron chi connectivity index (χ3n) is 5.20. The predicted molar refractivity (Wildman–Crippen MR) is 84.7 cm³/mol. The molecule has 3 nitrogen and oxygen atoms in total. The maximum atomic E-state index is 12.9. The summed E-state index contributed by atoms with van der Waals surface area (Å²) in [5, 5.41) is 0. The van der Waals surface area contributed by atoms with E-state index in [-0.39, 0.29) is 0 Å². The third kappa shape index (κ3) is 2.88. The molecule has 2 aliphatic rings. The molecule has 1 aliphatic heterocycles. The molecule has 2 atom stereocenters. The van der Waals surface area contributed by atoms with Crippen molar-refractivity contribution in [2.75, 3.05) is 13.1 Å². The molecule has 0 aromatic heterocycles. The van der Waals surface area contributed by atoms with Crippen LogP contribution in [0.2, 0.25) is 0 Å². The van der Waals surface area contributed by atoms with Gasteiger partial charge in [-0.15, -0.1) is 0 Å². The molecule has 0 N–H and O–H groups in total. The van der Waals surface area contributed by atoms with E-state index in [9.17, 15) is 8.42 Å². The second-order valence-corrected chi connectivity index (χ2v) is 8.63. The van der Waals surface area contributed by atoms with Crippen LogP contribution in [0.3, 0.4) is 0 Å². The molecule has 1 aromatic rings. The number of hydrogen-bond donors (Lipinski definition) is 0. The first-order chi connectivity index (χ1) is 9.98. The molecule has 116 valence electrons. The van der Waals surface area contributed by atoms with Gasteiger partial charge in [0.1, 0.15) is 0 Å². The Kier molecular flexibility index (Phi) is 4.10. The van der Waals surface area contributed by atoms with E-state index in [1.807, 2.05) is 26.0 Å². The van der Waals surface area contributed by atoms with Crippen molar-refractivity contribution in [2.45, 2.75) is 50.8 Å². The van der Waals surface area contributed by atoms with Crippen LogP contribution in [0.25, 0.3) is 0 Å². The minimum absolute atomic E-state index is 0.488. The molecular weight excluding hydrogens is 282 g/mol. The van der Waals surface area contributed by atoms with E-state index in [0.29, 0.717) is 17.4 Å². The number of nitrogens with zero attached hydrogens (tertiary/aromatic N) is 1.